The Hall–Kier alpha value is -4.18. The number of hydrazone groups is 1. The number of aromatic nitrogens is 2. The number of amides is 1. The van der Waals surface area contributed by atoms with Crippen LogP contribution in [-0.2, 0) is 4.79 Å². The Labute approximate surface area is 191 Å². The molecular weight excluding hydrogens is 452 g/mol. The fraction of sp³-hybridized carbons (Fsp3) is 0.136. The van der Waals surface area contributed by atoms with E-state index < -0.39 is 28.6 Å². The van der Waals surface area contributed by atoms with Gasteiger partial charge in [-0.1, -0.05) is 11.6 Å². The van der Waals surface area contributed by atoms with Gasteiger partial charge in [-0.15, -0.1) is 0 Å². The Kier molecular flexibility index (Phi) is 6.78. The van der Waals surface area contributed by atoms with Crippen molar-refractivity contribution < 1.29 is 19.4 Å². The third kappa shape index (κ3) is 5.74. The third-order valence-electron chi connectivity index (χ3n) is 4.46. The molecule has 33 heavy (non-hydrogen) atoms. The van der Waals surface area contributed by atoms with Gasteiger partial charge < -0.3 is 9.84 Å². The highest BCUT2D eigenvalue weighted by Crippen LogP contribution is 2.21. The van der Waals surface area contributed by atoms with Gasteiger partial charge in [-0.3, -0.25) is 24.4 Å². The van der Waals surface area contributed by atoms with Gasteiger partial charge in [-0.2, -0.15) is 5.10 Å². The van der Waals surface area contributed by atoms with Gasteiger partial charge in [0.1, 0.15) is 11.3 Å². The van der Waals surface area contributed by atoms with Gasteiger partial charge in [0.05, 0.1) is 6.21 Å². The zero-order valence-electron chi connectivity index (χ0n) is 17.5. The first-order valence-electron chi connectivity index (χ1n) is 9.55. The summed E-state index contributed by atoms with van der Waals surface area (Å²) in [5.74, 6) is -1.20. The van der Waals surface area contributed by atoms with Gasteiger partial charge in [-0.25, -0.2) is 10.2 Å². The van der Waals surface area contributed by atoms with Gasteiger partial charge in [0, 0.05) is 16.1 Å². The second-order valence-corrected chi connectivity index (χ2v) is 7.78. The van der Waals surface area contributed by atoms with Crippen LogP contribution < -0.4 is 21.4 Å². The van der Waals surface area contributed by atoms with Crippen LogP contribution >= 0.6 is 11.6 Å². The van der Waals surface area contributed by atoms with Crippen molar-refractivity contribution in [1.82, 2.24) is 15.4 Å². The molecule has 4 N–H and O–H groups in total. The molecule has 0 bridgehead atoms. The van der Waals surface area contributed by atoms with Crippen LogP contribution in [0.3, 0.4) is 0 Å². The maximum atomic E-state index is 12.5. The Morgan fingerprint density at radius 2 is 1.61 bits per heavy atom. The van der Waals surface area contributed by atoms with Crippen LogP contribution in [0.5, 0.6) is 11.6 Å². The highest BCUT2D eigenvalue weighted by atomic mass is 35.5. The highest BCUT2D eigenvalue weighted by Gasteiger charge is 2.30. The maximum absolute atomic E-state index is 12.5. The molecule has 10 nitrogen and oxygen atoms in total. The number of aromatic amines is 2. The summed E-state index contributed by atoms with van der Waals surface area (Å²) in [7, 11) is 0. The highest BCUT2D eigenvalue weighted by molar-refractivity contribution is 6.30. The van der Waals surface area contributed by atoms with Crippen molar-refractivity contribution in [1.29, 1.82) is 0 Å². The number of ether oxygens (including phenoxy) is 1. The smallest absolute Gasteiger partial charge is 0.328 e. The number of nitrogens with zero attached hydrogens (tertiary/aromatic N) is 1. The molecule has 2 aromatic carbocycles. The van der Waals surface area contributed by atoms with Crippen molar-refractivity contribution in [2.45, 2.75) is 19.4 Å². The predicted molar refractivity (Wildman–Crippen MR) is 121 cm³/mol. The fourth-order valence-corrected chi connectivity index (χ4v) is 2.80. The number of H-pyrrole nitrogens is 2. The zero-order valence-corrected chi connectivity index (χ0v) is 18.3. The van der Waals surface area contributed by atoms with E-state index in [-0.39, 0.29) is 11.3 Å². The third-order valence-corrected chi connectivity index (χ3v) is 4.71. The number of hydrogen-bond donors (Lipinski definition) is 4. The Balaban J connectivity index is 1.65. The lowest BCUT2D eigenvalue weighted by atomic mass is 10.0. The molecule has 0 saturated heterocycles. The number of aromatic hydroxyl groups is 1. The van der Waals surface area contributed by atoms with Crippen molar-refractivity contribution >= 4 is 29.5 Å². The second kappa shape index (κ2) is 9.53. The molecule has 0 aliphatic rings. The van der Waals surface area contributed by atoms with Crippen LogP contribution in [0.25, 0.3) is 0 Å². The number of halogens is 1. The molecule has 3 aromatic rings. The largest absolute Gasteiger partial charge is 0.494 e. The van der Waals surface area contributed by atoms with Gasteiger partial charge >= 0.3 is 5.69 Å². The Morgan fingerprint density at radius 3 is 2.18 bits per heavy atom. The van der Waals surface area contributed by atoms with Gasteiger partial charge in [-0.05, 0) is 62.4 Å². The molecule has 3 rings (SSSR count). The summed E-state index contributed by atoms with van der Waals surface area (Å²) in [6, 6.07) is 12.8. The summed E-state index contributed by atoms with van der Waals surface area (Å²) in [5.41, 5.74) is -0.354. The second-order valence-electron chi connectivity index (χ2n) is 7.34. The van der Waals surface area contributed by atoms with Gasteiger partial charge in [0.15, 0.2) is 11.4 Å². The molecule has 1 amide bonds. The lowest BCUT2D eigenvalue weighted by Crippen LogP contribution is -2.44. The van der Waals surface area contributed by atoms with Crippen molar-refractivity contribution in [2.75, 3.05) is 0 Å². The van der Waals surface area contributed by atoms with Crippen LogP contribution in [0, 0.1) is 0 Å². The van der Waals surface area contributed by atoms with Crippen molar-refractivity contribution in [2.24, 2.45) is 5.10 Å². The molecule has 1 heterocycles. The summed E-state index contributed by atoms with van der Waals surface area (Å²) < 4.78 is 5.71. The monoisotopic (exact) mass is 470 g/mol. The van der Waals surface area contributed by atoms with Crippen molar-refractivity contribution in [3.63, 3.8) is 0 Å². The number of rotatable bonds is 7. The van der Waals surface area contributed by atoms with Crippen LogP contribution in [0.15, 0.2) is 63.2 Å². The van der Waals surface area contributed by atoms with Crippen molar-refractivity contribution in [3.8, 4) is 11.6 Å². The zero-order chi connectivity index (χ0) is 24.2. The number of ketones is 1. The number of carbonyl (C=O) groups excluding carboxylic acids is 2. The average molecular weight is 471 g/mol. The van der Waals surface area contributed by atoms with E-state index in [1.165, 1.54) is 13.8 Å². The summed E-state index contributed by atoms with van der Waals surface area (Å²) in [4.78, 5) is 51.6. The van der Waals surface area contributed by atoms with Gasteiger partial charge in [0.25, 0.3) is 11.5 Å². The quantitative estimate of drug-likeness (QED) is 0.235. The van der Waals surface area contributed by atoms with Crippen LogP contribution in [-0.4, -0.2) is 38.6 Å². The minimum absolute atomic E-state index is 0.190. The van der Waals surface area contributed by atoms with E-state index in [0.29, 0.717) is 21.9 Å². The first kappa shape index (κ1) is 23.5. The number of nitrogens with one attached hydrogen (secondary N) is 3. The van der Waals surface area contributed by atoms with Crippen LogP contribution in [0.2, 0.25) is 5.02 Å². The maximum Gasteiger partial charge on any atom is 0.328 e. The molecule has 0 saturated carbocycles. The Morgan fingerprint density at radius 1 is 1.03 bits per heavy atom. The van der Waals surface area contributed by atoms with E-state index in [1.54, 1.807) is 48.5 Å². The van der Waals surface area contributed by atoms with E-state index >= 15 is 0 Å². The molecule has 170 valence electrons. The van der Waals surface area contributed by atoms with E-state index in [1.807, 2.05) is 9.97 Å². The predicted octanol–water partition coefficient (Wildman–Crippen LogP) is 1.96. The molecule has 0 aliphatic heterocycles. The molecule has 0 atom stereocenters. The van der Waals surface area contributed by atoms with E-state index in [0.717, 1.165) is 6.21 Å². The van der Waals surface area contributed by atoms with Crippen LogP contribution in [0.4, 0.5) is 0 Å². The van der Waals surface area contributed by atoms with E-state index in [2.05, 4.69) is 10.5 Å². The Bertz CT molecular complexity index is 1320. The lowest BCUT2D eigenvalue weighted by Gasteiger charge is -2.24. The average Bonchev–Trinajstić information content (AvgIpc) is 2.75. The first-order valence-corrected chi connectivity index (χ1v) is 9.93. The molecule has 11 heteroatoms. The standard InChI is InChI=1S/C22H19ClN4O6/c1-22(2,20(31)27-24-11-16-18(29)25-21(32)26-19(16)30)33-15-9-5-13(6-10-15)17(28)12-3-7-14(23)8-4-12/h3-11H,1-2H3,(H,27,31)(H3,25,26,29,30,32). The van der Waals surface area contributed by atoms with Crippen molar-refractivity contribution in [3.05, 3.63) is 91.1 Å². The first-order chi connectivity index (χ1) is 15.6. The molecule has 1 aromatic heterocycles. The summed E-state index contributed by atoms with van der Waals surface area (Å²) in [5, 5.41) is 13.8. The molecule has 0 spiro atoms. The van der Waals surface area contributed by atoms with E-state index in [9.17, 15) is 24.3 Å². The molecule has 0 unspecified atom stereocenters. The minimum atomic E-state index is -1.38. The SMILES string of the molecule is CC(C)(Oc1ccc(C(=O)c2ccc(Cl)cc2)cc1)C(=O)NN=Cc1c(O)[nH]c(=O)[nH]c1=O. The van der Waals surface area contributed by atoms with Gasteiger partial charge in [0.2, 0.25) is 5.88 Å². The summed E-state index contributed by atoms with van der Waals surface area (Å²) in [6.07, 6.45) is 0.884. The molecular formula is C22H19ClN4O6. The fourth-order valence-electron chi connectivity index (χ4n) is 2.68. The topological polar surface area (TPSA) is 154 Å². The molecule has 0 radical (unpaired) electrons. The normalized spacial score (nSPS) is 11.4. The van der Waals surface area contributed by atoms with E-state index in [4.69, 9.17) is 16.3 Å². The molecule has 0 aliphatic carbocycles. The summed E-state index contributed by atoms with van der Waals surface area (Å²) in [6.45, 7) is 2.99. The summed E-state index contributed by atoms with van der Waals surface area (Å²) >= 11 is 5.84. The lowest BCUT2D eigenvalue weighted by molar-refractivity contribution is -0.134. The number of benzene rings is 2. The molecule has 0 fully saturated rings. The minimum Gasteiger partial charge on any atom is -0.494 e. The van der Waals surface area contributed by atoms with Crippen LogP contribution in [0.1, 0.15) is 35.3 Å². The number of carbonyl (C=O) groups is 2. The number of hydrogen-bond acceptors (Lipinski definition) is 7.